The largest absolute Gasteiger partial charge is 0.466 e. The van der Waals surface area contributed by atoms with Crippen LogP contribution in [0.4, 0.5) is 0 Å². The molecule has 0 bridgehead atoms. The molecule has 3 nitrogen and oxygen atoms in total. The van der Waals surface area contributed by atoms with E-state index in [1.54, 1.807) is 0 Å². The third-order valence-electron chi connectivity index (χ3n) is 3.90. The van der Waals surface area contributed by atoms with Gasteiger partial charge in [-0.05, 0) is 32.1 Å². The summed E-state index contributed by atoms with van der Waals surface area (Å²) in [4.78, 5) is 22.7. The summed E-state index contributed by atoms with van der Waals surface area (Å²) in [6, 6.07) is 0. The molecule has 0 heterocycles. The summed E-state index contributed by atoms with van der Waals surface area (Å²) in [5, 5.41) is 0. The number of carbonyl (C=O) groups is 2. The fourth-order valence-electron chi connectivity index (χ4n) is 2.74. The molecule has 2 atom stereocenters. The van der Waals surface area contributed by atoms with E-state index in [4.69, 9.17) is 4.74 Å². The maximum atomic E-state index is 11.6. The summed E-state index contributed by atoms with van der Waals surface area (Å²) in [6.45, 7) is 4.49. The van der Waals surface area contributed by atoms with E-state index in [0.717, 1.165) is 44.9 Å². The van der Waals surface area contributed by atoms with Gasteiger partial charge in [-0.2, -0.15) is 0 Å². The van der Waals surface area contributed by atoms with Gasteiger partial charge in [0.05, 0.1) is 6.61 Å². The van der Waals surface area contributed by atoms with Crippen molar-refractivity contribution in [1.82, 2.24) is 0 Å². The van der Waals surface area contributed by atoms with Gasteiger partial charge in [0.1, 0.15) is 5.78 Å². The number of unbranched alkanes of at least 4 members (excludes halogenated alkanes) is 3. The minimum Gasteiger partial charge on any atom is -0.466 e. The lowest BCUT2D eigenvalue weighted by Gasteiger charge is -2.13. The quantitative estimate of drug-likeness (QED) is 0.492. The maximum Gasteiger partial charge on any atom is 0.305 e. The van der Waals surface area contributed by atoms with Gasteiger partial charge in [0.15, 0.2) is 0 Å². The van der Waals surface area contributed by atoms with Crippen molar-refractivity contribution in [2.24, 2.45) is 11.8 Å². The molecule has 0 aromatic rings. The second-order valence-corrected chi connectivity index (χ2v) is 5.35. The zero-order valence-corrected chi connectivity index (χ0v) is 11.7. The molecule has 0 N–H and O–H groups in total. The molecule has 0 aromatic heterocycles. The number of hydrogen-bond acceptors (Lipinski definition) is 3. The molecule has 18 heavy (non-hydrogen) atoms. The van der Waals surface area contributed by atoms with Crippen molar-refractivity contribution in [3.8, 4) is 0 Å². The first kappa shape index (κ1) is 15.2. The number of esters is 1. The minimum absolute atomic E-state index is 0.0860. The van der Waals surface area contributed by atoms with E-state index >= 15 is 0 Å². The lowest BCUT2D eigenvalue weighted by atomic mass is 9.91. The Labute approximate surface area is 110 Å². The van der Waals surface area contributed by atoms with Crippen LogP contribution in [0.3, 0.4) is 0 Å². The van der Waals surface area contributed by atoms with Crippen LogP contribution in [0.25, 0.3) is 0 Å². The van der Waals surface area contributed by atoms with Crippen molar-refractivity contribution >= 4 is 11.8 Å². The molecule has 0 aliphatic heterocycles. The number of rotatable bonds is 8. The summed E-state index contributed by atoms with van der Waals surface area (Å²) in [5.74, 6) is 1.28. The Bertz CT molecular complexity index is 273. The molecule has 0 aromatic carbocycles. The maximum absolute atomic E-state index is 11.6. The third kappa shape index (κ3) is 5.19. The van der Waals surface area contributed by atoms with Crippen LogP contribution in [0, 0.1) is 11.8 Å². The van der Waals surface area contributed by atoms with E-state index < -0.39 is 0 Å². The van der Waals surface area contributed by atoms with Gasteiger partial charge in [-0.15, -0.1) is 0 Å². The minimum atomic E-state index is -0.0860. The highest BCUT2D eigenvalue weighted by molar-refractivity contribution is 5.83. The topological polar surface area (TPSA) is 43.4 Å². The summed E-state index contributed by atoms with van der Waals surface area (Å²) in [7, 11) is 0. The van der Waals surface area contributed by atoms with Gasteiger partial charge in [-0.1, -0.05) is 26.2 Å². The second-order valence-electron chi connectivity index (χ2n) is 5.35. The molecule has 0 amide bonds. The zero-order valence-electron chi connectivity index (χ0n) is 11.7. The highest BCUT2D eigenvalue weighted by Crippen LogP contribution is 2.32. The Morgan fingerprint density at radius 1 is 1.28 bits per heavy atom. The average Bonchev–Trinajstić information content (AvgIpc) is 2.65. The summed E-state index contributed by atoms with van der Waals surface area (Å²) < 4.78 is 4.87. The smallest absolute Gasteiger partial charge is 0.305 e. The lowest BCUT2D eigenvalue weighted by molar-refractivity contribution is -0.143. The Morgan fingerprint density at radius 2 is 2.00 bits per heavy atom. The number of hydrogen-bond donors (Lipinski definition) is 0. The highest BCUT2D eigenvalue weighted by Gasteiger charge is 2.30. The monoisotopic (exact) mass is 254 g/mol. The molecule has 1 rings (SSSR count). The average molecular weight is 254 g/mol. The van der Waals surface area contributed by atoms with Crippen molar-refractivity contribution in [3.05, 3.63) is 0 Å². The van der Waals surface area contributed by atoms with Gasteiger partial charge in [-0.25, -0.2) is 0 Å². The predicted octanol–water partition coefficient (Wildman–Crippen LogP) is 3.51. The standard InChI is InChI=1S/C15H26O3/c1-3-18-15(17)9-7-5-4-6-8-13-12(2)10-11-14(13)16/h12-13H,3-11H2,1-2H3/t12-,13+/m1/s1. The first-order valence-corrected chi connectivity index (χ1v) is 7.33. The van der Waals surface area contributed by atoms with Crippen LogP contribution in [-0.2, 0) is 14.3 Å². The molecule has 3 heteroatoms. The normalized spacial score (nSPS) is 23.3. The Hall–Kier alpha value is -0.860. The van der Waals surface area contributed by atoms with Crippen molar-refractivity contribution in [2.75, 3.05) is 6.61 Å². The lowest BCUT2D eigenvalue weighted by Crippen LogP contribution is -2.12. The molecular weight excluding hydrogens is 228 g/mol. The highest BCUT2D eigenvalue weighted by atomic mass is 16.5. The summed E-state index contributed by atoms with van der Waals surface area (Å²) in [5.41, 5.74) is 0. The van der Waals surface area contributed by atoms with Gasteiger partial charge < -0.3 is 4.74 Å². The van der Waals surface area contributed by atoms with E-state index in [0.29, 0.717) is 30.6 Å². The summed E-state index contributed by atoms with van der Waals surface area (Å²) in [6.07, 6.45) is 7.65. The Morgan fingerprint density at radius 3 is 2.61 bits per heavy atom. The van der Waals surface area contributed by atoms with Gasteiger partial charge in [0.25, 0.3) is 0 Å². The van der Waals surface area contributed by atoms with E-state index in [-0.39, 0.29) is 5.97 Å². The second kappa shape index (κ2) is 8.28. The number of ether oxygens (including phenoxy) is 1. The fraction of sp³-hybridized carbons (Fsp3) is 0.867. The van der Waals surface area contributed by atoms with E-state index in [2.05, 4.69) is 6.92 Å². The van der Waals surface area contributed by atoms with Crippen LogP contribution in [0.15, 0.2) is 0 Å². The molecule has 1 aliphatic carbocycles. The summed E-state index contributed by atoms with van der Waals surface area (Å²) >= 11 is 0. The molecule has 0 radical (unpaired) electrons. The molecule has 1 saturated carbocycles. The molecule has 1 fully saturated rings. The predicted molar refractivity (Wildman–Crippen MR) is 71.2 cm³/mol. The van der Waals surface area contributed by atoms with Crippen LogP contribution in [0.5, 0.6) is 0 Å². The van der Waals surface area contributed by atoms with Crippen LogP contribution in [0.1, 0.15) is 65.2 Å². The third-order valence-corrected chi connectivity index (χ3v) is 3.90. The zero-order chi connectivity index (χ0) is 13.4. The van der Waals surface area contributed by atoms with Crippen LogP contribution < -0.4 is 0 Å². The Balaban J connectivity index is 1.98. The molecular formula is C15H26O3. The van der Waals surface area contributed by atoms with Crippen LogP contribution in [0.2, 0.25) is 0 Å². The van der Waals surface area contributed by atoms with Gasteiger partial charge in [-0.3, -0.25) is 9.59 Å². The van der Waals surface area contributed by atoms with Crippen molar-refractivity contribution in [1.29, 1.82) is 0 Å². The first-order valence-electron chi connectivity index (χ1n) is 7.33. The van der Waals surface area contributed by atoms with E-state index in [9.17, 15) is 9.59 Å². The van der Waals surface area contributed by atoms with Gasteiger partial charge in [0.2, 0.25) is 0 Å². The van der Waals surface area contributed by atoms with Crippen molar-refractivity contribution in [3.63, 3.8) is 0 Å². The van der Waals surface area contributed by atoms with Gasteiger partial charge >= 0.3 is 5.97 Å². The Kier molecular flexibility index (Phi) is 6.99. The molecule has 104 valence electrons. The van der Waals surface area contributed by atoms with Crippen molar-refractivity contribution < 1.29 is 14.3 Å². The fourth-order valence-corrected chi connectivity index (χ4v) is 2.74. The SMILES string of the molecule is CCOC(=O)CCCCCC[C@@H]1C(=O)CC[C@H]1C. The number of ketones is 1. The van der Waals surface area contributed by atoms with Crippen LogP contribution in [-0.4, -0.2) is 18.4 Å². The van der Waals surface area contributed by atoms with E-state index in [1.165, 1.54) is 0 Å². The molecule has 0 saturated heterocycles. The van der Waals surface area contributed by atoms with Gasteiger partial charge in [0, 0.05) is 18.8 Å². The first-order chi connectivity index (χ1) is 8.65. The molecule has 0 spiro atoms. The van der Waals surface area contributed by atoms with Crippen LogP contribution >= 0.6 is 0 Å². The van der Waals surface area contributed by atoms with Crippen molar-refractivity contribution in [2.45, 2.75) is 65.2 Å². The molecule has 0 unspecified atom stereocenters. The molecule has 1 aliphatic rings. The number of carbonyl (C=O) groups excluding carboxylic acids is 2. The number of Topliss-reactive ketones (excluding diaryl/α,β-unsaturated/α-hetero) is 1. The van der Waals surface area contributed by atoms with E-state index in [1.807, 2.05) is 6.92 Å².